The van der Waals surface area contributed by atoms with E-state index in [0.717, 1.165) is 16.7 Å². The van der Waals surface area contributed by atoms with Crippen LogP contribution in [0.2, 0.25) is 0 Å². The molecule has 1 N–H and O–H groups in total. The Kier molecular flexibility index (Phi) is 3.84. The molecule has 1 aromatic rings. The summed E-state index contributed by atoms with van der Waals surface area (Å²) in [6.07, 6.45) is 0.0974. The van der Waals surface area contributed by atoms with E-state index in [1.54, 1.807) is 4.90 Å². The van der Waals surface area contributed by atoms with Gasteiger partial charge in [0.2, 0.25) is 5.91 Å². The lowest BCUT2D eigenvalue weighted by molar-refractivity contribution is -0.142. The third-order valence-electron chi connectivity index (χ3n) is 4.29. The summed E-state index contributed by atoms with van der Waals surface area (Å²) in [5, 5.41) is 9.41. The van der Waals surface area contributed by atoms with Gasteiger partial charge in [-0.1, -0.05) is 12.1 Å². The Labute approximate surface area is 119 Å². The quantitative estimate of drug-likeness (QED) is 0.922. The fourth-order valence-corrected chi connectivity index (χ4v) is 3.07. The zero-order chi connectivity index (χ0) is 15.0. The monoisotopic (exact) mass is 275 g/mol. The van der Waals surface area contributed by atoms with Gasteiger partial charge in [0.15, 0.2) is 0 Å². The molecule has 0 spiro atoms. The molecule has 108 valence electrons. The van der Waals surface area contributed by atoms with E-state index in [-0.39, 0.29) is 18.4 Å². The summed E-state index contributed by atoms with van der Waals surface area (Å²) in [4.78, 5) is 25.2. The average Bonchev–Trinajstić information content (AvgIpc) is 2.70. The molecule has 2 unspecified atom stereocenters. The molecule has 0 saturated carbocycles. The predicted molar refractivity (Wildman–Crippen MR) is 76.5 cm³/mol. The number of carboxylic acid groups (broad SMARTS) is 1. The van der Waals surface area contributed by atoms with Crippen molar-refractivity contribution in [1.82, 2.24) is 4.90 Å². The van der Waals surface area contributed by atoms with Crippen LogP contribution in [-0.2, 0) is 9.59 Å². The molecule has 0 aromatic heterocycles. The highest BCUT2D eigenvalue weighted by atomic mass is 16.4. The van der Waals surface area contributed by atoms with Gasteiger partial charge in [-0.05, 0) is 49.9 Å². The molecule has 1 amide bonds. The van der Waals surface area contributed by atoms with Crippen LogP contribution in [-0.4, -0.2) is 28.4 Å². The second kappa shape index (κ2) is 5.27. The Morgan fingerprint density at radius 3 is 2.40 bits per heavy atom. The Bertz CT molecular complexity index is 565. The SMILES string of the molecule is CCN1C(=O)CC(C(=O)O)C1c1cc(C)c(C)cc1C. The number of carbonyl (C=O) groups excluding carboxylic acids is 1. The number of hydrogen-bond acceptors (Lipinski definition) is 2. The molecule has 0 bridgehead atoms. The van der Waals surface area contributed by atoms with Crippen molar-refractivity contribution in [3.63, 3.8) is 0 Å². The standard InChI is InChI=1S/C16H21NO3/c1-5-17-14(18)8-13(16(19)20)15(17)12-7-10(3)9(2)6-11(12)4/h6-7,13,15H,5,8H2,1-4H3,(H,19,20). The molecule has 2 rings (SSSR count). The van der Waals surface area contributed by atoms with Crippen LogP contribution in [0.15, 0.2) is 12.1 Å². The smallest absolute Gasteiger partial charge is 0.309 e. The molecule has 1 saturated heterocycles. The van der Waals surface area contributed by atoms with E-state index in [2.05, 4.69) is 6.07 Å². The highest BCUT2D eigenvalue weighted by Gasteiger charge is 2.44. The summed E-state index contributed by atoms with van der Waals surface area (Å²) in [6, 6.07) is 3.76. The van der Waals surface area contributed by atoms with E-state index in [1.807, 2.05) is 33.8 Å². The highest BCUT2D eigenvalue weighted by molar-refractivity contribution is 5.87. The van der Waals surface area contributed by atoms with Crippen LogP contribution in [0.5, 0.6) is 0 Å². The Morgan fingerprint density at radius 2 is 1.85 bits per heavy atom. The summed E-state index contributed by atoms with van der Waals surface area (Å²) in [5.74, 6) is -1.61. The lowest BCUT2D eigenvalue weighted by Crippen LogP contribution is -2.31. The van der Waals surface area contributed by atoms with Gasteiger partial charge in [-0.25, -0.2) is 0 Å². The highest BCUT2D eigenvalue weighted by Crippen LogP contribution is 2.40. The zero-order valence-corrected chi connectivity index (χ0v) is 12.4. The molecule has 0 radical (unpaired) electrons. The lowest BCUT2D eigenvalue weighted by atomic mass is 9.88. The number of amides is 1. The van der Waals surface area contributed by atoms with Crippen molar-refractivity contribution in [3.05, 3.63) is 34.4 Å². The number of hydrogen-bond donors (Lipinski definition) is 1. The molecule has 4 heteroatoms. The number of rotatable bonds is 3. The Morgan fingerprint density at radius 1 is 1.25 bits per heavy atom. The van der Waals surface area contributed by atoms with Gasteiger partial charge in [0.1, 0.15) is 0 Å². The number of carbonyl (C=O) groups is 2. The number of carboxylic acids is 1. The molecule has 1 fully saturated rings. The first-order valence-corrected chi connectivity index (χ1v) is 6.96. The van der Waals surface area contributed by atoms with Crippen molar-refractivity contribution in [2.75, 3.05) is 6.54 Å². The van der Waals surface area contributed by atoms with Gasteiger partial charge in [-0.15, -0.1) is 0 Å². The maximum atomic E-state index is 12.0. The van der Waals surface area contributed by atoms with Gasteiger partial charge in [0, 0.05) is 13.0 Å². The van der Waals surface area contributed by atoms with Crippen molar-refractivity contribution < 1.29 is 14.7 Å². The van der Waals surface area contributed by atoms with Crippen LogP contribution >= 0.6 is 0 Å². The molecule has 2 atom stereocenters. The normalized spacial score (nSPS) is 22.4. The minimum absolute atomic E-state index is 0.0671. The second-order valence-electron chi connectivity index (χ2n) is 5.57. The number of aryl methyl sites for hydroxylation is 3. The van der Waals surface area contributed by atoms with Gasteiger partial charge >= 0.3 is 5.97 Å². The average molecular weight is 275 g/mol. The van der Waals surface area contributed by atoms with Crippen LogP contribution in [0.4, 0.5) is 0 Å². The van der Waals surface area contributed by atoms with Crippen molar-refractivity contribution in [2.45, 2.75) is 40.2 Å². The molecule has 1 aliphatic rings. The van der Waals surface area contributed by atoms with E-state index in [1.165, 1.54) is 5.56 Å². The first-order valence-electron chi connectivity index (χ1n) is 6.96. The molecule has 1 aromatic carbocycles. The molecule has 4 nitrogen and oxygen atoms in total. The summed E-state index contributed by atoms with van der Waals surface area (Å²) in [5.41, 5.74) is 4.33. The van der Waals surface area contributed by atoms with Crippen molar-refractivity contribution in [2.24, 2.45) is 5.92 Å². The molecule has 1 heterocycles. The first kappa shape index (κ1) is 14.6. The summed E-state index contributed by atoms with van der Waals surface area (Å²) >= 11 is 0. The predicted octanol–water partition coefficient (Wildman–Crippen LogP) is 2.61. The first-order chi connectivity index (χ1) is 9.36. The van der Waals surface area contributed by atoms with Gasteiger partial charge in [0.05, 0.1) is 12.0 Å². The largest absolute Gasteiger partial charge is 0.481 e. The maximum absolute atomic E-state index is 12.0. The minimum atomic E-state index is -0.892. The van der Waals surface area contributed by atoms with Crippen LogP contribution < -0.4 is 0 Å². The van der Waals surface area contributed by atoms with E-state index in [0.29, 0.717) is 6.54 Å². The van der Waals surface area contributed by atoms with E-state index >= 15 is 0 Å². The molecule has 20 heavy (non-hydrogen) atoms. The van der Waals surface area contributed by atoms with Crippen LogP contribution in [0, 0.1) is 26.7 Å². The van der Waals surface area contributed by atoms with Crippen LogP contribution in [0.3, 0.4) is 0 Å². The summed E-state index contributed by atoms with van der Waals surface area (Å²) in [6.45, 7) is 8.47. The van der Waals surface area contributed by atoms with Gasteiger partial charge < -0.3 is 10.0 Å². The molecular weight excluding hydrogens is 254 g/mol. The van der Waals surface area contributed by atoms with Crippen molar-refractivity contribution in [3.8, 4) is 0 Å². The fourth-order valence-electron chi connectivity index (χ4n) is 3.07. The van der Waals surface area contributed by atoms with Gasteiger partial charge in [0.25, 0.3) is 0 Å². The summed E-state index contributed by atoms with van der Waals surface area (Å²) in [7, 11) is 0. The van der Waals surface area contributed by atoms with Crippen LogP contribution in [0.1, 0.15) is 41.6 Å². The molecular formula is C16H21NO3. The van der Waals surface area contributed by atoms with E-state index < -0.39 is 11.9 Å². The third kappa shape index (κ3) is 2.30. The Hall–Kier alpha value is -1.84. The maximum Gasteiger partial charge on any atom is 0.309 e. The van der Waals surface area contributed by atoms with Gasteiger partial charge in [-0.2, -0.15) is 0 Å². The zero-order valence-electron chi connectivity index (χ0n) is 12.4. The molecule has 0 aliphatic carbocycles. The lowest BCUT2D eigenvalue weighted by Gasteiger charge is -2.28. The van der Waals surface area contributed by atoms with Crippen molar-refractivity contribution >= 4 is 11.9 Å². The number of aliphatic carboxylic acids is 1. The summed E-state index contributed by atoms with van der Waals surface area (Å²) < 4.78 is 0. The second-order valence-corrected chi connectivity index (χ2v) is 5.57. The Balaban J connectivity index is 2.54. The van der Waals surface area contributed by atoms with Gasteiger partial charge in [-0.3, -0.25) is 9.59 Å². The fraction of sp³-hybridized carbons (Fsp3) is 0.500. The number of nitrogens with zero attached hydrogens (tertiary/aromatic N) is 1. The van der Waals surface area contributed by atoms with E-state index in [9.17, 15) is 14.7 Å². The molecule has 1 aliphatic heterocycles. The van der Waals surface area contributed by atoms with E-state index in [4.69, 9.17) is 0 Å². The number of likely N-dealkylation sites (tertiary alicyclic amines) is 1. The van der Waals surface area contributed by atoms with Crippen molar-refractivity contribution in [1.29, 1.82) is 0 Å². The topological polar surface area (TPSA) is 57.6 Å². The third-order valence-corrected chi connectivity index (χ3v) is 4.29. The minimum Gasteiger partial charge on any atom is -0.481 e. The number of benzene rings is 1. The van der Waals surface area contributed by atoms with Crippen LogP contribution in [0.25, 0.3) is 0 Å².